The Morgan fingerprint density at radius 1 is 1.39 bits per heavy atom. The summed E-state index contributed by atoms with van der Waals surface area (Å²) in [4.78, 5) is 10.2. The number of nitrogens with zero attached hydrogens (tertiary/aromatic N) is 4. The molecule has 0 bridgehead atoms. The number of aromatic amines is 1. The molecule has 0 saturated carbocycles. The van der Waals surface area contributed by atoms with E-state index in [4.69, 9.17) is 0 Å². The summed E-state index contributed by atoms with van der Waals surface area (Å²) >= 11 is 0. The van der Waals surface area contributed by atoms with Gasteiger partial charge < -0.3 is 15.3 Å². The van der Waals surface area contributed by atoms with Crippen LogP contribution >= 0.6 is 0 Å². The zero-order valence-corrected chi connectivity index (χ0v) is 15.7. The number of nitrogens with one attached hydrogen (secondary N) is 2. The summed E-state index contributed by atoms with van der Waals surface area (Å²) in [7, 11) is 0. The first-order chi connectivity index (χ1) is 13.4. The standard InChI is InChI=1S/C19H22F2N6O.2H2/c1-3-19(2,28)14-10-27(8-7-22-14)18-13(21)9-12(20)16(24-18)15-11-5-4-6-23-17(11)26-25-15;;/h4-6,9,14,22,28H,3,7-8,10H2,1-2H3,(H,23,25,26);2*1H. The third kappa shape index (κ3) is 3.20. The first-order valence-corrected chi connectivity index (χ1v) is 9.27. The highest BCUT2D eigenvalue weighted by atomic mass is 19.1. The predicted octanol–water partition coefficient (Wildman–Crippen LogP) is 2.73. The molecule has 0 radical (unpaired) electrons. The molecule has 1 saturated heterocycles. The van der Waals surface area contributed by atoms with Gasteiger partial charge in [0.15, 0.2) is 23.1 Å². The Morgan fingerprint density at radius 3 is 3.00 bits per heavy atom. The van der Waals surface area contributed by atoms with E-state index in [1.165, 1.54) is 0 Å². The summed E-state index contributed by atoms with van der Waals surface area (Å²) in [6, 6.07) is 4.07. The van der Waals surface area contributed by atoms with Crippen molar-refractivity contribution in [3.8, 4) is 11.4 Å². The average Bonchev–Trinajstić information content (AvgIpc) is 3.12. The first kappa shape index (κ1) is 18.7. The lowest BCUT2D eigenvalue weighted by molar-refractivity contribution is 0.0145. The number of anilines is 1. The molecule has 4 rings (SSSR count). The molecule has 4 heterocycles. The van der Waals surface area contributed by atoms with E-state index >= 15 is 0 Å². The molecule has 1 fully saturated rings. The van der Waals surface area contributed by atoms with Gasteiger partial charge in [-0.05, 0) is 25.5 Å². The minimum atomic E-state index is -0.941. The van der Waals surface area contributed by atoms with Crippen LogP contribution in [-0.4, -0.2) is 56.5 Å². The van der Waals surface area contributed by atoms with Crippen LogP contribution in [0, 0.1) is 11.6 Å². The molecule has 7 nitrogen and oxygen atoms in total. The van der Waals surface area contributed by atoms with Gasteiger partial charge in [-0.2, -0.15) is 5.10 Å². The fraction of sp³-hybridized carbons (Fsp3) is 0.421. The fourth-order valence-electron chi connectivity index (χ4n) is 3.49. The Balaban J connectivity index is 0.00000160. The van der Waals surface area contributed by atoms with Crippen LogP contribution in [0.4, 0.5) is 14.6 Å². The molecule has 1 aliphatic rings. The molecule has 0 aliphatic carbocycles. The second-order valence-electron chi connectivity index (χ2n) is 7.26. The predicted molar refractivity (Wildman–Crippen MR) is 106 cm³/mol. The van der Waals surface area contributed by atoms with Crippen LogP contribution in [0.5, 0.6) is 0 Å². The van der Waals surface area contributed by atoms with Crippen molar-refractivity contribution in [1.82, 2.24) is 25.5 Å². The molecular weight excluding hydrogens is 366 g/mol. The molecule has 3 N–H and O–H groups in total. The monoisotopic (exact) mass is 392 g/mol. The summed E-state index contributed by atoms with van der Waals surface area (Å²) in [6.07, 6.45) is 2.14. The summed E-state index contributed by atoms with van der Waals surface area (Å²) in [5, 5.41) is 21.3. The maximum Gasteiger partial charge on any atom is 0.181 e. The summed E-state index contributed by atoms with van der Waals surface area (Å²) in [5.41, 5.74) is -0.160. The van der Waals surface area contributed by atoms with E-state index in [9.17, 15) is 13.9 Å². The molecule has 28 heavy (non-hydrogen) atoms. The third-order valence-electron chi connectivity index (χ3n) is 5.42. The number of hydrogen-bond acceptors (Lipinski definition) is 6. The van der Waals surface area contributed by atoms with Crippen molar-refractivity contribution in [2.45, 2.75) is 31.9 Å². The number of aromatic nitrogens is 4. The highest BCUT2D eigenvalue weighted by Crippen LogP contribution is 2.30. The molecule has 3 aromatic heterocycles. The van der Waals surface area contributed by atoms with Crippen LogP contribution in [0.2, 0.25) is 0 Å². The SMILES string of the molecule is CCC(C)(O)C1CN(c2nc(-c3[nH]nc4ncccc34)c(F)cc2F)CCN1.[HH].[HH]. The lowest BCUT2D eigenvalue weighted by Gasteiger charge is -2.41. The number of pyridine rings is 2. The van der Waals surface area contributed by atoms with E-state index in [1.54, 1.807) is 30.2 Å². The number of rotatable bonds is 4. The lowest BCUT2D eigenvalue weighted by Crippen LogP contribution is -2.60. The second-order valence-corrected chi connectivity index (χ2v) is 7.26. The van der Waals surface area contributed by atoms with Crippen molar-refractivity contribution >= 4 is 16.9 Å². The minimum absolute atomic E-state index is 0. The minimum Gasteiger partial charge on any atom is -0.388 e. The Kier molecular flexibility index (Phi) is 4.72. The Morgan fingerprint density at radius 2 is 2.21 bits per heavy atom. The molecule has 2 unspecified atom stereocenters. The van der Waals surface area contributed by atoms with Crippen molar-refractivity contribution < 1.29 is 16.7 Å². The maximum absolute atomic E-state index is 14.6. The second kappa shape index (κ2) is 7.06. The zero-order chi connectivity index (χ0) is 19.9. The van der Waals surface area contributed by atoms with Gasteiger partial charge in [0, 0.05) is 40.1 Å². The van der Waals surface area contributed by atoms with Gasteiger partial charge in [-0.25, -0.2) is 18.7 Å². The quantitative estimate of drug-likeness (QED) is 0.633. The van der Waals surface area contributed by atoms with E-state index in [-0.39, 0.29) is 20.4 Å². The molecule has 0 amide bonds. The number of H-pyrrole nitrogens is 1. The van der Waals surface area contributed by atoms with Gasteiger partial charge in [0.1, 0.15) is 5.69 Å². The zero-order valence-electron chi connectivity index (χ0n) is 15.7. The van der Waals surface area contributed by atoms with Crippen LogP contribution in [0.15, 0.2) is 24.4 Å². The van der Waals surface area contributed by atoms with Crippen LogP contribution in [0.1, 0.15) is 23.1 Å². The summed E-state index contributed by atoms with van der Waals surface area (Å²) < 4.78 is 29.2. The third-order valence-corrected chi connectivity index (χ3v) is 5.42. The van der Waals surface area contributed by atoms with Gasteiger partial charge in [-0.1, -0.05) is 6.92 Å². The average molecular weight is 392 g/mol. The van der Waals surface area contributed by atoms with Crippen LogP contribution in [-0.2, 0) is 0 Å². The number of fused-ring (bicyclic) bond motifs is 1. The number of piperazine rings is 1. The van der Waals surface area contributed by atoms with Gasteiger partial charge in [0.05, 0.1) is 17.3 Å². The molecular formula is C19H26F2N6O. The lowest BCUT2D eigenvalue weighted by atomic mass is 9.92. The largest absolute Gasteiger partial charge is 0.388 e. The van der Waals surface area contributed by atoms with E-state index < -0.39 is 17.2 Å². The molecule has 0 aromatic carbocycles. The molecule has 1 aliphatic heterocycles. The smallest absolute Gasteiger partial charge is 0.181 e. The van der Waals surface area contributed by atoms with Gasteiger partial charge in [0.2, 0.25) is 0 Å². The van der Waals surface area contributed by atoms with E-state index in [0.717, 1.165) is 6.07 Å². The highest BCUT2D eigenvalue weighted by Gasteiger charge is 2.35. The van der Waals surface area contributed by atoms with Crippen LogP contribution < -0.4 is 10.2 Å². The van der Waals surface area contributed by atoms with Crippen molar-refractivity contribution in [2.24, 2.45) is 0 Å². The molecule has 3 aromatic rings. The first-order valence-electron chi connectivity index (χ1n) is 9.27. The van der Waals surface area contributed by atoms with Gasteiger partial charge in [0.25, 0.3) is 0 Å². The molecule has 152 valence electrons. The van der Waals surface area contributed by atoms with Crippen LogP contribution in [0.25, 0.3) is 22.4 Å². The van der Waals surface area contributed by atoms with E-state index in [2.05, 4.69) is 25.5 Å². The Hall–Kier alpha value is -2.65. The highest BCUT2D eigenvalue weighted by molar-refractivity contribution is 5.89. The maximum atomic E-state index is 14.6. The van der Waals surface area contributed by atoms with E-state index in [1.807, 2.05) is 6.92 Å². The number of hydrogen-bond donors (Lipinski definition) is 3. The normalized spacial score (nSPS) is 19.8. The Labute approximate surface area is 163 Å². The summed E-state index contributed by atoms with van der Waals surface area (Å²) in [6.45, 7) is 5.06. The molecule has 0 spiro atoms. The fourth-order valence-corrected chi connectivity index (χ4v) is 3.49. The van der Waals surface area contributed by atoms with Gasteiger partial charge in [-0.3, -0.25) is 5.10 Å². The van der Waals surface area contributed by atoms with Crippen molar-refractivity contribution in [2.75, 3.05) is 24.5 Å². The summed E-state index contributed by atoms with van der Waals surface area (Å²) in [5.74, 6) is -1.45. The van der Waals surface area contributed by atoms with Gasteiger partial charge >= 0.3 is 0 Å². The van der Waals surface area contributed by atoms with E-state index in [0.29, 0.717) is 42.8 Å². The van der Waals surface area contributed by atoms with Crippen LogP contribution in [0.3, 0.4) is 0 Å². The van der Waals surface area contributed by atoms with Gasteiger partial charge in [-0.15, -0.1) is 0 Å². The topological polar surface area (TPSA) is 90.0 Å². The number of halogens is 2. The number of aliphatic hydroxyl groups is 1. The van der Waals surface area contributed by atoms with Crippen molar-refractivity contribution in [1.29, 1.82) is 0 Å². The molecule has 9 heteroatoms. The van der Waals surface area contributed by atoms with Crippen molar-refractivity contribution in [3.05, 3.63) is 36.0 Å². The Bertz CT molecular complexity index is 1020. The molecule has 2 atom stereocenters. The van der Waals surface area contributed by atoms with Crippen molar-refractivity contribution in [3.63, 3.8) is 0 Å².